The van der Waals surface area contributed by atoms with Gasteiger partial charge in [0.2, 0.25) is 0 Å². The third kappa shape index (κ3) is 3.80. The molecule has 0 fully saturated rings. The maximum Gasteiger partial charge on any atom is 0.251 e. The van der Waals surface area contributed by atoms with Crippen molar-refractivity contribution in [3.63, 3.8) is 0 Å². The van der Waals surface area contributed by atoms with Gasteiger partial charge < -0.3 is 15.6 Å². The second-order valence-corrected chi connectivity index (χ2v) is 7.57. The highest BCUT2D eigenvalue weighted by Crippen LogP contribution is 2.35. The van der Waals surface area contributed by atoms with Crippen molar-refractivity contribution in [2.45, 2.75) is 6.42 Å². The third-order valence-electron chi connectivity index (χ3n) is 5.26. The van der Waals surface area contributed by atoms with E-state index in [1.54, 1.807) is 0 Å². The largest absolute Gasteiger partial charge is 0.366 e. The Morgan fingerprint density at radius 1 is 0.862 bits per heavy atom. The number of amides is 1. The zero-order valence-electron chi connectivity index (χ0n) is 16.8. The van der Waals surface area contributed by atoms with Crippen molar-refractivity contribution < 1.29 is 4.79 Å². The van der Waals surface area contributed by atoms with Gasteiger partial charge in [-0.3, -0.25) is 4.79 Å². The Bertz CT molecular complexity index is 1160. The van der Waals surface area contributed by atoms with Crippen LogP contribution in [0.4, 0.5) is 0 Å². The minimum Gasteiger partial charge on any atom is -0.366 e. The molecule has 0 unspecified atom stereocenters. The lowest BCUT2D eigenvalue weighted by molar-refractivity contribution is 0.1000. The Labute approximate surface area is 171 Å². The van der Waals surface area contributed by atoms with Crippen LogP contribution in [0.1, 0.15) is 15.9 Å². The molecule has 29 heavy (non-hydrogen) atoms. The van der Waals surface area contributed by atoms with Gasteiger partial charge in [0.25, 0.3) is 5.91 Å². The summed E-state index contributed by atoms with van der Waals surface area (Å²) in [7, 11) is 4.06. The number of carbonyl (C=O) groups is 1. The average molecular weight is 383 g/mol. The van der Waals surface area contributed by atoms with Crippen molar-refractivity contribution in [2.75, 3.05) is 20.6 Å². The van der Waals surface area contributed by atoms with Gasteiger partial charge in [0.15, 0.2) is 0 Å². The number of primary amides is 1. The van der Waals surface area contributed by atoms with E-state index in [0.717, 1.165) is 41.0 Å². The Kier molecular flexibility index (Phi) is 5.19. The number of nitrogens with two attached hydrogens (primary N) is 1. The Hall–Kier alpha value is -3.37. The van der Waals surface area contributed by atoms with Crippen LogP contribution in [0.5, 0.6) is 0 Å². The molecule has 0 bridgehead atoms. The molecule has 1 heterocycles. The molecule has 0 aliphatic heterocycles. The molecule has 0 aliphatic carbocycles. The average Bonchev–Trinajstić information content (AvgIpc) is 3.12. The van der Waals surface area contributed by atoms with Gasteiger partial charge in [0.05, 0.1) is 11.3 Å². The van der Waals surface area contributed by atoms with Crippen molar-refractivity contribution in [1.82, 2.24) is 9.88 Å². The summed E-state index contributed by atoms with van der Waals surface area (Å²) in [5.74, 6) is -0.402. The van der Waals surface area contributed by atoms with Crippen LogP contribution in [0.15, 0.2) is 72.8 Å². The summed E-state index contributed by atoms with van der Waals surface area (Å²) in [4.78, 5) is 18.2. The summed E-state index contributed by atoms with van der Waals surface area (Å²) in [6.07, 6.45) is 0.733. The molecule has 0 saturated heterocycles. The number of nitrogens with zero attached hydrogens (tertiary/aromatic N) is 1. The second kappa shape index (κ2) is 7.94. The van der Waals surface area contributed by atoms with Gasteiger partial charge in [-0.1, -0.05) is 66.7 Å². The summed E-state index contributed by atoms with van der Waals surface area (Å²) in [6, 6.07) is 24.6. The molecule has 3 aromatic carbocycles. The van der Waals surface area contributed by atoms with E-state index in [1.807, 2.05) is 56.6 Å². The van der Waals surface area contributed by atoms with E-state index in [0.29, 0.717) is 5.56 Å². The molecule has 0 aliphatic rings. The first-order chi connectivity index (χ1) is 14.0. The van der Waals surface area contributed by atoms with E-state index in [-0.39, 0.29) is 0 Å². The number of rotatable bonds is 6. The van der Waals surface area contributed by atoms with Crippen LogP contribution in [0.3, 0.4) is 0 Å². The molecular formula is C25H25N3O. The molecule has 146 valence electrons. The van der Waals surface area contributed by atoms with E-state index in [4.69, 9.17) is 5.73 Å². The maximum absolute atomic E-state index is 12.5. The number of carbonyl (C=O) groups excluding carboxylic acids is 1. The molecule has 0 radical (unpaired) electrons. The molecule has 3 N–H and O–H groups in total. The lowest BCUT2D eigenvalue weighted by Crippen LogP contribution is -2.18. The highest BCUT2D eigenvalue weighted by atomic mass is 16.1. The number of fused-ring (bicyclic) bond motifs is 1. The second-order valence-electron chi connectivity index (χ2n) is 7.57. The van der Waals surface area contributed by atoms with Crippen molar-refractivity contribution in [3.05, 3.63) is 83.9 Å². The smallest absolute Gasteiger partial charge is 0.251 e. The molecule has 0 saturated carbocycles. The van der Waals surface area contributed by atoms with Gasteiger partial charge in [-0.05, 0) is 54.0 Å². The van der Waals surface area contributed by atoms with Gasteiger partial charge in [-0.25, -0.2) is 0 Å². The number of benzene rings is 3. The first-order valence-electron chi connectivity index (χ1n) is 9.78. The van der Waals surface area contributed by atoms with E-state index in [2.05, 4.69) is 40.2 Å². The Morgan fingerprint density at radius 3 is 2.24 bits per heavy atom. The fourth-order valence-electron chi connectivity index (χ4n) is 3.81. The summed E-state index contributed by atoms with van der Waals surface area (Å²) < 4.78 is 0. The number of hydrogen-bond acceptors (Lipinski definition) is 2. The standard InChI is InChI=1S/C25H25N3O/c1-28(2)15-14-21-22(25(26)29)24(18-9-4-3-5-10-18)27-23(21)20-13-12-17-8-6-7-11-19(17)16-20/h3-13,16,27H,14-15H2,1-2H3,(H2,26,29). The van der Waals surface area contributed by atoms with Crippen LogP contribution in [-0.4, -0.2) is 36.4 Å². The van der Waals surface area contributed by atoms with Crippen molar-refractivity contribution in [1.29, 1.82) is 0 Å². The summed E-state index contributed by atoms with van der Waals surface area (Å²) >= 11 is 0. The molecule has 4 heteroatoms. The maximum atomic E-state index is 12.5. The molecular weight excluding hydrogens is 358 g/mol. The minimum absolute atomic E-state index is 0.402. The fourth-order valence-corrected chi connectivity index (χ4v) is 3.81. The topological polar surface area (TPSA) is 62.1 Å². The molecule has 4 nitrogen and oxygen atoms in total. The predicted molar refractivity (Wildman–Crippen MR) is 120 cm³/mol. The van der Waals surface area contributed by atoms with Crippen LogP contribution in [0, 0.1) is 0 Å². The third-order valence-corrected chi connectivity index (χ3v) is 5.26. The van der Waals surface area contributed by atoms with Gasteiger partial charge >= 0.3 is 0 Å². The summed E-state index contributed by atoms with van der Waals surface area (Å²) in [5.41, 5.74) is 11.2. The van der Waals surface area contributed by atoms with E-state index >= 15 is 0 Å². The number of hydrogen-bond donors (Lipinski definition) is 2. The van der Waals surface area contributed by atoms with E-state index in [1.165, 1.54) is 10.8 Å². The number of aromatic nitrogens is 1. The molecule has 4 aromatic rings. The van der Waals surface area contributed by atoms with Gasteiger partial charge in [-0.2, -0.15) is 0 Å². The first-order valence-corrected chi connectivity index (χ1v) is 9.78. The lowest BCUT2D eigenvalue weighted by Gasteiger charge is -2.12. The zero-order chi connectivity index (χ0) is 20.4. The lowest BCUT2D eigenvalue weighted by atomic mass is 9.97. The minimum atomic E-state index is -0.402. The van der Waals surface area contributed by atoms with Gasteiger partial charge in [0.1, 0.15) is 0 Å². The van der Waals surface area contributed by atoms with Crippen molar-refractivity contribution >= 4 is 16.7 Å². The zero-order valence-corrected chi connectivity index (χ0v) is 16.8. The van der Waals surface area contributed by atoms with E-state index < -0.39 is 5.91 Å². The normalized spacial score (nSPS) is 11.3. The van der Waals surface area contributed by atoms with Crippen molar-refractivity contribution in [2.24, 2.45) is 5.73 Å². The van der Waals surface area contributed by atoms with Crippen LogP contribution in [0.25, 0.3) is 33.3 Å². The fraction of sp³-hybridized carbons (Fsp3) is 0.160. The number of H-pyrrole nitrogens is 1. The van der Waals surface area contributed by atoms with E-state index in [9.17, 15) is 4.79 Å². The van der Waals surface area contributed by atoms with Gasteiger partial charge in [-0.15, -0.1) is 0 Å². The molecule has 1 aromatic heterocycles. The molecule has 1 amide bonds. The van der Waals surface area contributed by atoms with Crippen LogP contribution >= 0.6 is 0 Å². The monoisotopic (exact) mass is 383 g/mol. The quantitative estimate of drug-likeness (QED) is 0.507. The van der Waals surface area contributed by atoms with Crippen LogP contribution in [0.2, 0.25) is 0 Å². The molecule has 0 atom stereocenters. The van der Waals surface area contributed by atoms with Crippen molar-refractivity contribution in [3.8, 4) is 22.5 Å². The summed E-state index contributed by atoms with van der Waals surface area (Å²) in [6.45, 7) is 0.826. The number of aromatic amines is 1. The summed E-state index contributed by atoms with van der Waals surface area (Å²) in [5, 5.41) is 2.36. The Balaban J connectivity index is 1.94. The highest BCUT2D eigenvalue weighted by Gasteiger charge is 2.23. The van der Waals surface area contributed by atoms with Crippen LogP contribution < -0.4 is 5.73 Å². The molecule has 0 spiro atoms. The molecule has 4 rings (SSSR count). The Morgan fingerprint density at radius 2 is 1.55 bits per heavy atom. The van der Waals surface area contributed by atoms with Gasteiger partial charge in [0, 0.05) is 12.2 Å². The number of likely N-dealkylation sites (N-methyl/N-ethyl adjacent to an activating group) is 1. The SMILES string of the molecule is CN(C)CCc1c(-c2ccc3ccccc3c2)[nH]c(-c2ccccc2)c1C(N)=O. The predicted octanol–water partition coefficient (Wildman–Crippen LogP) is 4.70. The number of nitrogens with one attached hydrogen (secondary N) is 1. The van der Waals surface area contributed by atoms with Crippen LogP contribution in [-0.2, 0) is 6.42 Å². The highest BCUT2D eigenvalue weighted by molar-refractivity contribution is 6.03. The first kappa shape index (κ1) is 19.0.